The quantitative estimate of drug-likeness (QED) is 0.494. The molecule has 33 heavy (non-hydrogen) atoms. The van der Waals surface area contributed by atoms with Gasteiger partial charge in [-0.3, -0.25) is 9.69 Å². The number of carbonyl (C=O) groups is 1. The van der Waals surface area contributed by atoms with Crippen molar-refractivity contribution in [3.05, 3.63) is 63.7 Å². The molecule has 0 amide bonds. The van der Waals surface area contributed by atoms with Crippen LogP contribution in [0.25, 0.3) is 0 Å². The zero-order valence-electron chi connectivity index (χ0n) is 19.8. The summed E-state index contributed by atoms with van der Waals surface area (Å²) in [6.45, 7) is 9.56. The molecular weight excluding hydrogens is 430 g/mol. The molecule has 2 aromatic heterocycles. The number of Topliss-reactive ketones (excluding diaryl/α,β-unsaturated/α-hetero) is 1. The Bertz CT molecular complexity index is 1110. The summed E-state index contributed by atoms with van der Waals surface area (Å²) >= 11 is 1.72. The lowest BCUT2D eigenvalue weighted by Gasteiger charge is -2.37. The number of hydrogen-bond donors (Lipinski definition) is 1. The molecule has 6 nitrogen and oxygen atoms in total. The number of fused-ring (bicyclic) bond motifs is 1. The molecule has 1 unspecified atom stereocenters. The molecule has 1 atom stereocenters. The summed E-state index contributed by atoms with van der Waals surface area (Å²) < 4.78 is 2.00. The van der Waals surface area contributed by atoms with Gasteiger partial charge in [-0.25, -0.2) is 9.67 Å². The van der Waals surface area contributed by atoms with Crippen molar-refractivity contribution in [3.8, 4) is 0 Å². The summed E-state index contributed by atoms with van der Waals surface area (Å²) in [4.78, 5) is 21.7. The number of anilines is 1. The summed E-state index contributed by atoms with van der Waals surface area (Å²) in [5.74, 6) is 1.50. The Kier molecular flexibility index (Phi) is 6.10. The Morgan fingerprint density at radius 1 is 1.18 bits per heavy atom. The van der Waals surface area contributed by atoms with Crippen molar-refractivity contribution >= 4 is 22.9 Å². The van der Waals surface area contributed by atoms with Crippen LogP contribution in [0, 0.1) is 12.8 Å². The van der Waals surface area contributed by atoms with Crippen molar-refractivity contribution in [2.45, 2.75) is 64.6 Å². The number of aryl methyl sites for hydroxylation is 1. The molecule has 7 heteroatoms. The number of rotatable bonds is 6. The van der Waals surface area contributed by atoms with E-state index >= 15 is 0 Å². The monoisotopic (exact) mass is 463 g/mol. The lowest BCUT2D eigenvalue weighted by atomic mass is 9.89. The first-order chi connectivity index (χ1) is 15.9. The molecule has 0 bridgehead atoms. The number of nitrogens with zero attached hydrogens (tertiary/aromatic N) is 4. The molecule has 174 valence electrons. The Balaban J connectivity index is 1.24. The summed E-state index contributed by atoms with van der Waals surface area (Å²) in [7, 11) is 0. The maximum atomic E-state index is 13.4. The summed E-state index contributed by atoms with van der Waals surface area (Å²) in [5.41, 5.74) is 1.91. The van der Waals surface area contributed by atoms with Gasteiger partial charge in [-0.1, -0.05) is 30.3 Å². The van der Waals surface area contributed by atoms with Gasteiger partial charge in [0.25, 0.3) is 0 Å². The molecule has 4 heterocycles. The highest BCUT2D eigenvalue weighted by Gasteiger charge is 2.38. The van der Waals surface area contributed by atoms with E-state index in [9.17, 15) is 4.79 Å². The molecule has 0 spiro atoms. The van der Waals surface area contributed by atoms with E-state index in [1.807, 2.05) is 10.9 Å². The van der Waals surface area contributed by atoms with Crippen LogP contribution in [-0.2, 0) is 12.1 Å². The number of carbonyl (C=O) groups excluding carboxylic acids is 1. The third-order valence-corrected chi connectivity index (χ3v) is 8.05. The summed E-state index contributed by atoms with van der Waals surface area (Å²) in [6, 6.07) is 10.7. The van der Waals surface area contributed by atoms with Crippen LogP contribution < -0.4 is 5.32 Å². The molecule has 3 aromatic rings. The van der Waals surface area contributed by atoms with Crippen LogP contribution in [0.3, 0.4) is 0 Å². The highest BCUT2D eigenvalue weighted by atomic mass is 32.1. The SMILES string of the molecule is Cc1cnc(C2CC(C)(C)n3ncc(C(=O)CC4CCN(Cc5ccccc5)CC4)c3N2)s1. The van der Waals surface area contributed by atoms with Crippen LogP contribution in [0.1, 0.15) is 71.4 Å². The molecule has 5 rings (SSSR count). The minimum atomic E-state index is -0.174. The van der Waals surface area contributed by atoms with E-state index in [4.69, 9.17) is 0 Å². The number of hydrogen-bond acceptors (Lipinski definition) is 6. The number of nitrogens with one attached hydrogen (secondary N) is 1. The Morgan fingerprint density at radius 3 is 2.64 bits per heavy atom. The molecule has 1 N–H and O–H groups in total. The van der Waals surface area contributed by atoms with E-state index in [1.54, 1.807) is 17.5 Å². The Labute approximate surface area is 200 Å². The Hall–Kier alpha value is -2.51. The van der Waals surface area contributed by atoms with E-state index in [0.717, 1.165) is 55.3 Å². The largest absolute Gasteiger partial charge is 0.360 e. The molecule has 2 aliphatic rings. The zero-order chi connectivity index (χ0) is 23.0. The summed E-state index contributed by atoms with van der Waals surface area (Å²) in [5, 5.41) is 9.31. The lowest BCUT2D eigenvalue weighted by molar-refractivity contribution is 0.0925. The van der Waals surface area contributed by atoms with Crippen molar-refractivity contribution in [2.75, 3.05) is 18.4 Å². The standard InChI is InChI=1S/C26H33N5OS/c1-18-15-27-25(33-18)22-14-26(2,3)31-24(29-22)21(16-28-31)23(32)13-19-9-11-30(12-10-19)17-20-7-5-4-6-8-20/h4-8,15-16,19,22,29H,9-14,17H2,1-3H3. The van der Waals surface area contributed by atoms with Crippen molar-refractivity contribution in [1.82, 2.24) is 19.7 Å². The van der Waals surface area contributed by atoms with Gasteiger partial charge < -0.3 is 5.32 Å². The highest BCUT2D eigenvalue weighted by molar-refractivity contribution is 7.11. The lowest BCUT2D eigenvalue weighted by Crippen LogP contribution is -2.38. The molecule has 0 aliphatic carbocycles. The van der Waals surface area contributed by atoms with Gasteiger partial charge in [-0.2, -0.15) is 5.10 Å². The van der Waals surface area contributed by atoms with Gasteiger partial charge >= 0.3 is 0 Å². The number of benzene rings is 1. The van der Waals surface area contributed by atoms with Crippen molar-refractivity contribution in [1.29, 1.82) is 0 Å². The number of ketones is 1. The van der Waals surface area contributed by atoms with Crippen LogP contribution in [0.5, 0.6) is 0 Å². The number of likely N-dealkylation sites (tertiary alicyclic amines) is 1. The van der Waals surface area contributed by atoms with Crippen LogP contribution >= 0.6 is 11.3 Å². The normalized spacial score (nSPS) is 20.9. The van der Waals surface area contributed by atoms with E-state index in [0.29, 0.717) is 12.3 Å². The van der Waals surface area contributed by atoms with E-state index in [1.165, 1.54) is 10.4 Å². The van der Waals surface area contributed by atoms with Gasteiger partial charge in [-0.05, 0) is 64.6 Å². The van der Waals surface area contributed by atoms with E-state index in [2.05, 4.69) is 71.4 Å². The number of piperidine rings is 1. The average molecular weight is 464 g/mol. The second-order valence-electron chi connectivity index (χ2n) is 10.2. The fourth-order valence-corrected chi connectivity index (χ4v) is 6.02. The highest BCUT2D eigenvalue weighted by Crippen LogP contribution is 2.41. The number of aromatic nitrogens is 3. The van der Waals surface area contributed by atoms with Crippen molar-refractivity contribution in [2.24, 2.45) is 5.92 Å². The van der Waals surface area contributed by atoms with E-state index < -0.39 is 0 Å². The van der Waals surface area contributed by atoms with Gasteiger partial charge in [0.15, 0.2) is 5.78 Å². The van der Waals surface area contributed by atoms with Gasteiger partial charge in [0.2, 0.25) is 0 Å². The second-order valence-corrected chi connectivity index (χ2v) is 11.4. The van der Waals surface area contributed by atoms with E-state index in [-0.39, 0.29) is 17.4 Å². The molecule has 1 aromatic carbocycles. The first-order valence-corrected chi connectivity index (χ1v) is 12.8. The minimum Gasteiger partial charge on any atom is -0.360 e. The predicted molar refractivity (Wildman–Crippen MR) is 133 cm³/mol. The van der Waals surface area contributed by atoms with Crippen LogP contribution in [-0.4, -0.2) is 38.5 Å². The van der Waals surface area contributed by atoms with Gasteiger partial charge in [0.05, 0.1) is 23.3 Å². The first kappa shape index (κ1) is 22.3. The van der Waals surface area contributed by atoms with Crippen LogP contribution in [0.15, 0.2) is 42.7 Å². The molecule has 0 radical (unpaired) electrons. The molecular formula is C26H33N5OS. The van der Waals surface area contributed by atoms with Gasteiger partial charge in [0.1, 0.15) is 10.8 Å². The maximum absolute atomic E-state index is 13.4. The zero-order valence-corrected chi connectivity index (χ0v) is 20.6. The van der Waals surface area contributed by atoms with Gasteiger partial charge in [-0.15, -0.1) is 11.3 Å². The smallest absolute Gasteiger partial charge is 0.168 e. The molecule has 0 saturated carbocycles. The fourth-order valence-electron chi connectivity index (χ4n) is 5.20. The topological polar surface area (TPSA) is 63.1 Å². The number of thiazole rings is 1. The summed E-state index contributed by atoms with van der Waals surface area (Å²) in [6.07, 6.45) is 7.33. The third-order valence-electron chi connectivity index (χ3n) is 7.03. The Morgan fingerprint density at radius 2 is 1.94 bits per heavy atom. The molecule has 2 aliphatic heterocycles. The average Bonchev–Trinajstić information content (AvgIpc) is 3.42. The third kappa shape index (κ3) is 4.75. The predicted octanol–water partition coefficient (Wildman–Crippen LogP) is 5.43. The van der Waals surface area contributed by atoms with Crippen molar-refractivity contribution < 1.29 is 4.79 Å². The molecule has 1 fully saturated rings. The van der Waals surface area contributed by atoms with Crippen LogP contribution in [0.2, 0.25) is 0 Å². The maximum Gasteiger partial charge on any atom is 0.168 e. The van der Waals surface area contributed by atoms with Crippen molar-refractivity contribution in [3.63, 3.8) is 0 Å². The van der Waals surface area contributed by atoms with Crippen LogP contribution in [0.4, 0.5) is 5.82 Å². The fraction of sp³-hybridized carbons (Fsp3) is 0.500. The van der Waals surface area contributed by atoms with Gasteiger partial charge in [0, 0.05) is 24.0 Å². The second kappa shape index (κ2) is 9.03. The minimum absolute atomic E-state index is 0.107. The molecule has 1 saturated heterocycles. The first-order valence-electron chi connectivity index (χ1n) is 12.0.